The van der Waals surface area contributed by atoms with Gasteiger partial charge in [-0.05, 0) is 44.0 Å². The number of carbonyl (C=O) groups is 2. The molecule has 0 saturated heterocycles. The summed E-state index contributed by atoms with van der Waals surface area (Å²) in [4.78, 5) is 27.4. The molecule has 2 amide bonds. The van der Waals surface area contributed by atoms with E-state index in [2.05, 4.69) is 5.32 Å². The molecule has 2 rings (SSSR count). The smallest absolute Gasteiger partial charge is 0.242 e. The molecule has 0 aromatic heterocycles. The van der Waals surface area contributed by atoms with Crippen molar-refractivity contribution in [1.29, 1.82) is 0 Å². The van der Waals surface area contributed by atoms with E-state index in [1.807, 2.05) is 6.92 Å². The van der Waals surface area contributed by atoms with E-state index in [1.54, 1.807) is 43.3 Å². The molecular formula is C24H31Cl2N3O4S. The number of amides is 2. The largest absolute Gasteiger partial charge is 0.354 e. The van der Waals surface area contributed by atoms with Crippen LogP contribution in [-0.2, 0) is 26.2 Å². The summed E-state index contributed by atoms with van der Waals surface area (Å²) in [7, 11) is -2.17. The van der Waals surface area contributed by atoms with Crippen LogP contribution in [0, 0.1) is 0 Å². The third-order valence-electron chi connectivity index (χ3n) is 5.42. The van der Waals surface area contributed by atoms with Gasteiger partial charge < -0.3 is 10.2 Å². The number of carbonyl (C=O) groups excluding carboxylic acids is 2. The van der Waals surface area contributed by atoms with E-state index in [0.717, 1.165) is 6.42 Å². The maximum absolute atomic E-state index is 13.2. The molecule has 186 valence electrons. The molecule has 0 aliphatic rings. The highest BCUT2D eigenvalue weighted by Crippen LogP contribution is 2.27. The van der Waals surface area contributed by atoms with Crippen LogP contribution < -0.4 is 5.32 Å². The summed E-state index contributed by atoms with van der Waals surface area (Å²) in [5.41, 5.74) is 0.554. The third kappa shape index (κ3) is 7.43. The SMILES string of the molecule is CCCNC(=O)[C@@H](C)N(Cc1c(Cl)cccc1Cl)C(=O)CCCN(C)S(=O)(=O)c1ccccc1. The van der Waals surface area contributed by atoms with Crippen LogP contribution in [0.3, 0.4) is 0 Å². The minimum atomic E-state index is -3.65. The van der Waals surface area contributed by atoms with Gasteiger partial charge in [0, 0.05) is 48.7 Å². The van der Waals surface area contributed by atoms with E-state index < -0.39 is 16.1 Å². The molecule has 0 spiro atoms. The van der Waals surface area contributed by atoms with Crippen LogP contribution in [0.15, 0.2) is 53.4 Å². The molecule has 0 aliphatic carbocycles. The van der Waals surface area contributed by atoms with Gasteiger partial charge in [0.05, 0.1) is 4.90 Å². The van der Waals surface area contributed by atoms with E-state index in [-0.39, 0.29) is 42.6 Å². The second-order valence-corrected chi connectivity index (χ2v) is 10.8. The lowest BCUT2D eigenvalue weighted by molar-refractivity contribution is -0.140. The van der Waals surface area contributed by atoms with Crippen molar-refractivity contribution in [3.8, 4) is 0 Å². The van der Waals surface area contributed by atoms with Crippen molar-refractivity contribution < 1.29 is 18.0 Å². The fourth-order valence-electron chi connectivity index (χ4n) is 3.32. The minimum Gasteiger partial charge on any atom is -0.354 e. The van der Waals surface area contributed by atoms with Crippen molar-refractivity contribution in [3.63, 3.8) is 0 Å². The molecule has 0 fully saturated rings. The molecule has 10 heteroatoms. The zero-order chi connectivity index (χ0) is 25.3. The van der Waals surface area contributed by atoms with Crippen molar-refractivity contribution in [1.82, 2.24) is 14.5 Å². The Hall–Kier alpha value is -2.13. The molecule has 0 radical (unpaired) electrons. The zero-order valence-electron chi connectivity index (χ0n) is 19.6. The van der Waals surface area contributed by atoms with Gasteiger partial charge in [-0.3, -0.25) is 9.59 Å². The van der Waals surface area contributed by atoms with Crippen LogP contribution in [0.25, 0.3) is 0 Å². The summed E-state index contributed by atoms with van der Waals surface area (Å²) in [6, 6.07) is 12.4. The normalized spacial score (nSPS) is 12.4. The fourth-order valence-corrected chi connectivity index (χ4v) is 5.07. The van der Waals surface area contributed by atoms with Crippen LogP contribution in [0.2, 0.25) is 10.0 Å². The Morgan fingerprint density at radius 1 is 1.03 bits per heavy atom. The van der Waals surface area contributed by atoms with Crippen molar-refractivity contribution in [3.05, 3.63) is 64.1 Å². The standard InChI is InChI=1S/C24H31Cl2N3O4S/c1-4-15-27-24(31)18(2)29(17-20-21(25)12-8-13-22(20)26)23(30)14-9-16-28(3)34(32,33)19-10-6-5-7-11-19/h5-8,10-13,18H,4,9,14-17H2,1-3H3,(H,27,31)/t18-/m1/s1. The third-order valence-corrected chi connectivity index (χ3v) is 8.00. The molecule has 0 heterocycles. The van der Waals surface area contributed by atoms with Gasteiger partial charge in [0.25, 0.3) is 0 Å². The lowest BCUT2D eigenvalue weighted by Crippen LogP contribution is -2.48. The fraction of sp³-hybridized carbons (Fsp3) is 0.417. The second kappa shape index (κ2) is 13.1. The number of nitrogens with one attached hydrogen (secondary N) is 1. The Bertz CT molecular complexity index is 1060. The molecule has 0 saturated carbocycles. The topological polar surface area (TPSA) is 86.8 Å². The Labute approximate surface area is 212 Å². The highest BCUT2D eigenvalue weighted by atomic mass is 35.5. The van der Waals surface area contributed by atoms with Gasteiger partial charge in [0.2, 0.25) is 21.8 Å². The molecule has 2 aromatic rings. The zero-order valence-corrected chi connectivity index (χ0v) is 22.0. The van der Waals surface area contributed by atoms with Gasteiger partial charge in [-0.25, -0.2) is 12.7 Å². The maximum atomic E-state index is 13.2. The van der Waals surface area contributed by atoms with Gasteiger partial charge in [-0.1, -0.05) is 54.4 Å². The molecule has 0 aliphatic heterocycles. The monoisotopic (exact) mass is 527 g/mol. The van der Waals surface area contributed by atoms with E-state index in [1.165, 1.54) is 28.4 Å². The van der Waals surface area contributed by atoms with E-state index >= 15 is 0 Å². The van der Waals surface area contributed by atoms with Crippen molar-refractivity contribution in [2.75, 3.05) is 20.1 Å². The molecule has 0 bridgehead atoms. The van der Waals surface area contributed by atoms with Crippen LogP contribution in [0.5, 0.6) is 0 Å². The molecule has 1 atom stereocenters. The minimum absolute atomic E-state index is 0.0577. The van der Waals surface area contributed by atoms with Crippen molar-refractivity contribution >= 4 is 45.0 Å². The second-order valence-electron chi connectivity index (χ2n) is 7.93. The highest BCUT2D eigenvalue weighted by Gasteiger charge is 2.27. The van der Waals surface area contributed by atoms with Gasteiger partial charge in [-0.15, -0.1) is 0 Å². The summed E-state index contributed by atoms with van der Waals surface area (Å²) < 4.78 is 26.6. The van der Waals surface area contributed by atoms with Gasteiger partial charge in [0.1, 0.15) is 6.04 Å². The predicted octanol–water partition coefficient (Wildman–Crippen LogP) is 4.34. The Balaban J connectivity index is 2.12. The number of rotatable bonds is 12. The van der Waals surface area contributed by atoms with Crippen LogP contribution >= 0.6 is 23.2 Å². The molecule has 7 nitrogen and oxygen atoms in total. The Kier molecular flexibility index (Phi) is 10.8. The van der Waals surface area contributed by atoms with Gasteiger partial charge in [0.15, 0.2) is 0 Å². The number of sulfonamides is 1. The van der Waals surface area contributed by atoms with Crippen molar-refractivity contribution in [2.45, 2.75) is 50.6 Å². The van der Waals surface area contributed by atoms with E-state index in [4.69, 9.17) is 23.2 Å². The first-order valence-electron chi connectivity index (χ1n) is 11.1. The summed E-state index contributed by atoms with van der Waals surface area (Å²) >= 11 is 12.6. The van der Waals surface area contributed by atoms with Gasteiger partial charge in [-0.2, -0.15) is 0 Å². The van der Waals surface area contributed by atoms with Crippen LogP contribution in [-0.4, -0.2) is 55.6 Å². The van der Waals surface area contributed by atoms with E-state index in [9.17, 15) is 18.0 Å². The first kappa shape index (κ1) is 28.1. The molecule has 2 aromatic carbocycles. The number of nitrogens with zero attached hydrogens (tertiary/aromatic N) is 2. The predicted molar refractivity (Wildman–Crippen MR) is 135 cm³/mol. The maximum Gasteiger partial charge on any atom is 0.242 e. The number of halogens is 2. The first-order chi connectivity index (χ1) is 16.1. The average Bonchev–Trinajstić information content (AvgIpc) is 2.82. The number of hydrogen-bond donors (Lipinski definition) is 1. The lowest BCUT2D eigenvalue weighted by atomic mass is 10.1. The van der Waals surface area contributed by atoms with Crippen molar-refractivity contribution in [2.24, 2.45) is 0 Å². The molecular weight excluding hydrogens is 497 g/mol. The lowest BCUT2D eigenvalue weighted by Gasteiger charge is -2.29. The molecule has 0 unspecified atom stereocenters. The quantitative estimate of drug-likeness (QED) is 0.444. The Morgan fingerprint density at radius 2 is 1.65 bits per heavy atom. The number of hydrogen-bond acceptors (Lipinski definition) is 4. The molecule has 34 heavy (non-hydrogen) atoms. The summed E-state index contributed by atoms with van der Waals surface area (Å²) in [5, 5.41) is 3.61. The van der Waals surface area contributed by atoms with E-state index in [0.29, 0.717) is 22.2 Å². The average molecular weight is 529 g/mol. The summed E-state index contributed by atoms with van der Waals surface area (Å²) in [6.07, 6.45) is 1.12. The number of benzene rings is 2. The van der Waals surface area contributed by atoms with Crippen LogP contribution in [0.4, 0.5) is 0 Å². The van der Waals surface area contributed by atoms with Gasteiger partial charge >= 0.3 is 0 Å². The Morgan fingerprint density at radius 3 is 2.24 bits per heavy atom. The highest BCUT2D eigenvalue weighted by molar-refractivity contribution is 7.89. The summed E-state index contributed by atoms with van der Waals surface area (Å²) in [5.74, 6) is -0.567. The van der Waals surface area contributed by atoms with Crippen LogP contribution in [0.1, 0.15) is 38.7 Å². The summed E-state index contributed by atoms with van der Waals surface area (Å²) in [6.45, 7) is 4.31. The molecule has 1 N–H and O–H groups in total. The first-order valence-corrected chi connectivity index (χ1v) is 13.3.